The fraction of sp³-hybridized carbons (Fsp3) is 0.250. The van der Waals surface area contributed by atoms with Crippen molar-refractivity contribution in [3.8, 4) is 0 Å². The summed E-state index contributed by atoms with van der Waals surface area (Å²) in [6.45, 7) is 0. The topological polar surface area (TPSA) is 94.0 Å². The summed E-state index contributed by atoms with van der Waals surface area (Å²) >= 11 is 1.48. The van der Waals surface area contributed by atoms with Gasteiger partial charge in [-0.3, -0.25) is 9.36 Å². The molecule has 0 fully saturated rings. The summed E-state index contributed by atoms with van der Waals surface area (Å²) in [4.78, 5) is 10.8. The number of benzene rings is 1. The lowest BCUT2D eigenvalue weighted by Gasteiger charge is -2.07. The zero-order chi connectivity index (χ0) is 13.8. The van der Waals surface area contributed by atoms with Crippen LogP contribution in [-0.4, -0.2) is 25.8 Å². The molecular formula is C12H14N4O2S. The zero-order valence-electron chi connectivity index (χ0n) is 10.4. The fourth-order valence-electron chi connectivity index (χ4n) is 1.63. The molecule has 19 heavy (non-hydrogen) atoms. The Labute approximate surface area is 114 Å². The summed E-state index contributed by atoms with van der Waals surface area (Å²) in [5.41, 5.74) is 7.40. The van der Waals surface area contributed by atoms with Crippen molar-refractivity contribution >= 4 is 23.7 Å². The van der Waals surface area contributed by atoms with E-state index in [1.807, 2.05) is 24.3 Å². The molecule has 0 bridgehead atoms. The van der Waals surface area contributed by atoms with Gasteiger partial charge in [0, 0.05) is 12.8 Å². The molecule has 0 amide bonds. The highest BCUT2D eigenvalue weighted by Crippen LogP contribution is 2.23. The average Bonchev–Trinajstić information content (AvgIpc) is 2.68. The van der Waals surface area contributed by atoms with Crippen molar-refractivity contribution in [2.45, 2.75) is 17.3 Å². The largest absolute Gasteiger partial charge is 0.481 e. The van der Waals surface area contributed by atoms with Crippen LogP contribution in [0.3, 0.4) is 0 Å². The molecule has 3 N–H and O–H groups in total. The van der Waals surface area contributed by atoms with Crippen LogP contribution in [0.2, 0.25) is 0 Å². The van der Waals surface area contributed by atoms with Gasteiger partial charge in [0.2, 0.25) is 5.95 Å². The lowest BCUT2D eigenvalue weighted by molar-refractivity contribution is -0.136. The molecule has 0 atom stereocenters. The molecule has 1 aromatic carbocycles. The Hall–Kier alpha value is -2.02. The Morgan fingerprint density at radius 3 is 2.63 bits per heavy atom. The van der Waals surface area contributed by atoms with Crippen LogP contribution in [-0.2, 0) is 24.0 Å². The van der Waals surface area contributed by atoms with Crippen LogP contribution >= 0.6 is 11.8 Å². The normalized spacial score (nSPS) is 10.6. The summed E-state index contributed by atoms with van der Waals surface area (Å²) < 4.78 is 1.70. The van der Waals surface area contributed by atoms with Crippen molar-refractivity contribution in [3.05, 3.63) is 35.4 Å². The first-order chi connectivity index (χ1) is 9.08. The first-order valence-corrected chi connectivity index (χ1v) is 6.62. The molecule has 0 spiro atoms. The molecule has 0 aliphatic rings. The van der Waals surface area contributed by atoms with E-state index in [-0.39, 0.29) is 6.42 Å². The molecule has 2 rings (SSSR count). The third-order valence-electron chi connectivity index (χ3n) is 2.69. The summed E-state index contributed by atoms with van der Waals surface area (Å²) in [5.74, 6) is 0.164. The molecule has 6 nitrogen and oxygen atoms in total. The van der Waals surface area contributed by atoms with E-state index in [1.165, 1.54) is 11.8 Å². The minimum Gasteiger partial charge on any atom is -0.481 e. The molecule has 0 saturated heterocycles. The molecule has 1 heterocycles. The third kappa shape index (κ3) is 3.25. The Balaban J connectivity index is 2.11. The predicted molar refractivity (Wildman–Crippen MR) is 72.8 cm³/mol. The number of aromatic nitrogens is 3. The van der Waals surface area contributed by atoms with Gasteiger partial charge in [-0.05, 0) is 11.1 Å². The number of carbonyl (C=O) groups is 1. The zero-order valence-corrected chi connectivity index (χ0v) is 11.2. The van der Waals surface area contributed by atoms with E-state index in [4.69, 9.17) is 10.8 Å². The summed E-state index contributed by atoms with van der Waals surface area (Å²) in [6.07, 6.45) is 0.0255. The first kappa shape index (κ1) is 13.4. The highest BCUT2D eigenvalue weighted by atomic mass is 32.2. The molecule has 0 aliphatic carbocycles. The van der Waals surface area contributed by atoms with Crippen LogP contribution < -0.4 is 5.73 Å². The second kappa shape index (κ2) is 5.75. The number of nitrogens with two attached hydrogens (primary N) is 1. The van der Waals surface area contributed by atoms with Crippen molar-refractivity contribution in [2.75, 3.05) is 5.73 Å². The number of hydrogen-bond acceptors (Lipinski definition) is 5. The highest BCUT2D eigenvalue weighted by molar-refractivity contribution is 7.98. The lowest BCUT2D eigenvalue weighted by atomic mass is 10.1. The molecule has 0 unspecified atom stereocenters. The van der Waals surface area contributed by atoms with E-state index in [2.05, 4.69) is 10.2 Å². The average molecular weight is 278 g/mol. The second-order valence-corrected chi connectivity index (χ2v) is 4.97. The monoisotopic (exact) mass is 278 g/mol. The summed E-state index contributed by atoms with van der Waals surface area (Å²) in [6, 6.07) is 7.49. The van der Waals surface area contributed by atoms with E-state index >= 15 is 0 Å². The van der Waals surface area contributed by atoms with Crippen molar-refractivity contribution in [2.24, 2.45) is 7.05 Å². The Kier molecular flexibility index (Phi) is 4.06. The maximum absolute atomic E-state index is 10.8. The van der Waals surface area contributed by atoms with Crippen molar-refractivity contribution in [1.29, 1.82) is 0 Å². The minimum atomic E-state index is -0.833. The number of carboxylic acids is 1. The lowest BCUT2D eigenvalue weighted by Crippen LogP contribution is -2.03. The predicted octanol–water partition coefficient (Wildman–Crippen LogP) is 1.32. The smallest absolute Gasteiger partial charge is 0.307 e. The van der Waals surface area contributed by atoms with Gasteiger partial charge in [0.25, 0.3) is 0 Å². The molecule has 1 aromatic heterocycles. The fourth-order valence-corrected chi connectivity index (χ4v) is 2.58. The summed E-state index contributed by atoms with van der Waals surface area (Å²) in [7, 11) is 1.79. The molecule has 7 heteroatoms. The second-order valence-electron chi connectivity index (χ2n) is 4.03. The van der Waals surface area contributed by atoms with Gasteiger partial charge in [0.05, 0.1) is 6.42 Å². The molecule has 2 aromatic rings. The molecule has 0 radical (unpaired) electrons. The van der Waals surface area contributed by atoms with Crippen LogP contribution in [0.15, 0.2) is 29.4 Å². The maximum Gasteiger partial charge on any atom is 0.307 e. The van der Waals surface area contributed by atoms with Crippen LogP contribution in [0.5, 0.6) is 0 Å². The number of aliphatic carboxylic acids is 1. The van der Waals surface area contributed by atoms with Crippen LogP contribution in [0, 0.1) is 0 Å². The van der Waals surface area contributed by atoms with E-state index < -0.39 is 5.97 Å². The van der Waals surface area contributed by atoms with Gasteiger partial charge in [0.1, 0.15) is 0 Å². The van der Waals surface area contributed by atoms with Crippen molar-refractivity contribution in [3.63, 3.8) is 0 Å². The van der Waals surface area contributed by atoms with E-state index in [0.29, 0.717) is 16.9 Å². The molecule has 0 saturated carbocycles. The number of anilines is 1. The van der Waals surface area contributed by atoms with E-state index in [0.717, 1.165) is 11.1 Å². The van der Waals surface area contributed by atoms with Gasteiger partial charge >= 0.3 is 5.97 Å². The molecule has 100 valence electrons. The highest BCUT2D eigenvalue weighted by Gasteiger charge is 2.10. The number of thioether (sulfide) groups is 1. The van der Waals surface area contributed by atoms with Crippen LogP contribution in [0.4, 0.5) is 5.95 Å². The van der Waals surface area contributed by atoms with Gasteiger partial charge in [-0.2, -0.15) is 0 Å². The maximum atomic E-state index is 10.8. The van der Waals surface area contributed by atoms with Gasteiger partial charge in [-0.1, -0.05) is 36.0 Å². The Morgan fingerprint density at radius 1 is 1.37 bits per heavy atom. The van der Waals surface area contributed by atoms with Crippen LogP contribution in [0.25, 0.3) is 0 Å². The number of nitrogen functional groups attached to an aromatic ring is 1. The SMILES string of the molecule is Cn1c(N)nnc1SCc1ccccc1CC(=O)O. The number of carboxylic acid groups (broad SMARTS) is 1. The number of hydrogen-bond donors (Lipinski definition) is 2. The Morgan fingerprint density at radius 2 is 2.05 bits per heavy atom. The first-order valence-electron chi connectivity index (χ1n) is 5.64. The quantitative estimate of drug-likeness (QED) is 0.801. The van der Waals surface area contributed by atoms with Gasteiger partial charge in [-0.15, -0.1) is 10.2 Å². The third-order valence-corrected chi connectivity index (χ3v) is 3.75. The van der Waals surface area contributed by atoms with Gasteiger partial charge < -0.3 is 10.8 Å². The molecule has 0 aliphatic heterocycles. The van der Waals surface area contributed by atoms with Gasteiger partial charge in [-0.25, -0.2) is 0 Å². The summed E-state index contributed by atoms with van der Waals surface area (Å²) in [5, 5.41) is 17.3. The van der Waals surface area contributed by atoms with Gasteiger partial charge in [0.15, 0.2) is 5.16 Å². The van der Waals surface area contributed by atoms with Crippen molar-refractivity contribution < 1.29 is 9.90 Å². The van der Waals surface area contributed by atoms with E-state index in [9.17, 15) is 4.79 Å². The van der Waals surface area contributed by atoms with Crippen LogP contribution in [0.1, 0.15) is 11.1 Å². The van der Waals surface area contributed by atoms with Crippen molar-refractivity contribution in [1.82, 2.24) is 14.8 Å². The molecular weight excluding hydrogens is 264 g/mol. The van der Waals surface area contributed by atoms with E-state index in [1.54, 1.807) is 11.6 Å². The Bertz CT molecular complexity index is 597. The number of rotatable bonds is 5. The number of nitrogens with zero attached hydrogens (tertiary/aromatic N) is 3. The minimum absolute atomic E-state index is 0.0255. The standard InChI is InChI=1S/C12H14N4O2S/c1-16-11(13)14-15-12(16)19-7-9-5-3-2-4-8(9)6-10(17)18/h2-5H,6-7H2,1H3,(H2,13,14)(H,17,18).